The maximum atomic E-state index is 12.0. The number of hydrogen-bond donors (Lipinski definition) is 0. The zero-order chi connectivity index (χ0) is 22.6. The molecule has 4 saturated carbocycles. The number of carbonyl (C=O) groups excluding carboxylic acids is 1. The highest BCUT2D eigenvalue weighted by atomic mass is 32.2. The van der Waals surface area contributed by atoms with E-state index >= 15 is 0 Å². The van der Waals surface area contributed by atoms with Gasteiger partial charge in [0, 0.05) is 17.6 Å². The van der Waals surface area contributed by atoms with Gasteiger partial charge in [0.15, 0.2) is 0 Å². The molecule has 0 unspecified atom stereocenters. The van der Waals surface area contributed by atoms with Crippen molar-refractivity contribution in [1.82, 2.24) is 0 Å². The summed E-state index contributed by atoms with van der Waals surface area (Å²) in [5.74, 6) is 1.97. The number of nitriles is 1. The molecule has 9 atom stereocenters. The average Bonchev–Trinajstić information content (AvgIpc) is 2.97. The Balaban J connectivity index is 1.59. The number of esters is 1. The highest BCUT2D eigenvalue weighted by Crippen LogP contribution is 2.67. The summed E-state index contributed by atoms with van der Waals surface area (Å²) in [6.07, 6.45) is 8.72. The molecular formula is C23H35NO5S2. The lowest BCUT2D eigenvalue weighted by atomic mass is 9.45. The van der Waals surface area contributed by atoms with Crippen LogP contribution in [0.25, 0.3) is 0 Å². The first kappa shape index (κ1) is 23.4. The van der Waals surface area contributed by atoms with Crippen molar-refractivity contribution in [3.8, 4) is 5.40 Å². The molecule has 0 radical (unpaired) electrons. The van der Waals surface area contributed by atoms with Crippen molar-refractivity contribution in [2.24, 2.45) is 34.5 Å². The summed E-state index contributed by atoms with van der Waals surface area (Å²) in [6, 6.07) is 0. The molecule has 8 heteroatoms. The molecule has 0 N–H and O–H groups in total. The number of carbonyl (C=O) groups is 1. The van der Waals surface area contributed by atoms with E-state index in [4.69, 9.17) is 8.92 Å². The predicted molar refractivity (Wildman–Crippen MR) is 119 cm³/mol. The highest BCUT2D eigenvalue weighted by Gasteiger charge is 2.62. The van der Waals surface area contributed by atoms with Crippen molar-refractivity contribution in [3.63, 3.8) is 0 Å². The van der Waals surface area contributed by atoms with Gasteiger partial charge >= 0.3 is 5.97 Å². The van der Waals surface area contributed by atoms with Crippen LogP contribution in [0.15, 0.2) is 0 Å². The predicted octanol–water partition coefficient (Wildman–Crippen LogP) is 4.50. The summed E-state index contributed by atoms with van der Waals surface area (Å²) in [5, 5.41) is 11.4. The van der Waals surface area contributed by atoms with Gasteiger partial charge in [0.1, 0.15) is 11.5 Å². The number of rotatable bonds is 4. The van der Waals surface area contributed by atoms with E-state index in [-0.39, 0.29) is 28.2 Å². The quantitative estimate of drug-likeness (QED) is 0.340. The van der Waals surface area contributed by atoms with Gasteiger partial charge < -0.3 is 4.74 Å². The fourth-order valence-corrected chi connectivity index (χ4v) is 9.58. The van der Waals surface area contributed by atoms with Crippen molar-refractivity contribution >= 4 is 27.8 Å². The van der Waals surface area contributed by atoms with E-state index < -0.39 is 16.2 Å². The fourth-order valence-electron chi connectivity index (χ4n) is 8.10. The SMILES string of the molecule is CC(=O)O[C@H]1CC[C@H]2[C@@H]3CC[C@H]4C[C@H](SC#N)[C@@H](OS(C)(=O)=O)C[C@]4(C)[C@H]3CC[C@]12C. The standard InChI is InChI=1S/C23H35NO5S2/c1-14(25)28-21-8-7-17-16-6-5-15-11-20(30-13-24)19(29-31(4,26)27)12-23(15,3)18(16)9-10-22(17,21)2/h15-21H,5-12H2,1-4H3/t15-,16-,17-,18-,19-,20-,21-,22-,23-/m0/s1. The number of nitrogens with zero attached hydrogens (tertiary/aromatic N) is 1. The molecule has 0 aromatic rings. The van der Waals surface area contributed by atoms with E-state index in [1.54, 1.807) is 0 Å². The van der Waals surface area contributed by atoms with Crippen LogP contribution in [0.3, 0.4) is 0 Å². The molecular weight excluding hydrogens is 434 g/mol. The van der Waals surface area contributed by atoms with Gasteiger partial charge in [0.05, 0.1) is 12.4 Å². The second-order valence-corrected chi connectivity index (χ2v) is 13.5. The number of thiocyanates is 1. The summed E-state index contributed by atoms with van der Waals surface area (Å²) in [6.45, 7) is 6.18. The van der Waals surface area contributed by atoms with Crippen molar-refractivity contribution in [1.29, 1.82) is 5.26 Å². The maximum Gasteiger partial charge on any atom is 0.302 e. The van der Waals surface area contributed by atoms with Gasteiger partial charge in [-0.1, -0.05) is 13.8 Å². The van der Waals surface area contributed by atoms with E-state index in [1.165, 1.54) is 25.1 Å². The van der Waals surface area contributed by atoms with Crippen molar-refractivity contribution in [2.75, 3.05) is 6.26 Å². The van der Waals surface area contributed by atoms with E-state index in [1.807, 2.05) is 0 Å². The Labute approximate surface area is 190 Å². The van der Waals surface area contributed by atoms with Gasteiger partial charge in [0.2, 0.25) is 0 Å². The Morgan fingerprint density at radius 2 is 1.81 bits per heavy atom. The second-order valence-electron chi connectivity index (χ2n) is 10.9. The first-order valence-corrected chi connectivity index (χ1v) is 14.3. The minimum absolute atomic E-state index is 0.0190. The Hall–Kier alpha value is -0.780. The van der Waals surface area contributed by atoms with E-state index in [0.29, 0.717) is 30.1 Å². The van der Waals surface area contributed by atoms with Gasteiger partial charge in [0.25, 0.3) is 10.1 Å². The molecule has 4 fully saturated rings. The lowest BCUT2D eigenvalue weighted by molar-refractivity contribution is -0.163. The number of fused-ring (bicyclic) bond motifs is 5. The molecule has 0 bridgehead atoms. The topological polar surface area (TPSA) is 93.5 Å². The summed E-state index contributed by atoms with van der Waals surface area (Å²) in [5.41, 5.74) is 0.0677. The van der Waals surface area contributed by atoms with Crippen LogP contribution >= 0.6 is 11.8 Å². The maximum absolute atomic E-state index is 12.0. The lowest BCUT2D eigenvalue weighted by Crippen LogP contribution is -2.57. The number of thioether (sulfide) groups is 1. The summed E-state index contributed by atoms with van der Waals surface area (Å²) >= 11 is 1.17. The third kappa shape index (κ3) is 4.15. The second kappa shape index (κ2) is 8.22. The van der Waals surface area contributed by atoms with Crippen LogP contribution in [0, 0.1) is 45.2 Å². The molecule has 174 valence electrons. The van der Waals surface area contributed by atoms with Crippen LogP contribution in [0.5, 0.6) is 0 Å². The van der Waals surface area contributed by atoms with Gasteiger partial charge in [-0.05, 0) is 92.2 Å². The fraction of sp³-hybridized carbons (Fsp3) is 0.913. The smallest absolute Gasteiger partial charge is 0.302 e. The monoisotopic (exact) mass is 469 g/mol. The molecule has 0 aromatic carbocycles. The molecule has 31 heavy (non-hydrogen) atoms. The van der Waals surface area contributed by atoms with Gasteiger partial charge in [-0.3, -0.25) is 8.98 Å². The first-order chi connectivity index (χ1) is 14.5. The Morgan fingerprint density at radius 3 is 2.45 bits per heavy atom. The van der Waals surface area contributed by atoms with Crippen molar-refractivity contribution in [2.45, 2.75) is 89.6 Å². The van der Waals surface area contributed by atoms with Crippen LogP contribution in [0.1, 0.15) is 72.1 Å². The Kier molecular flexibility index (Phi) is 6.20. The third-order valence-corrected chi connectivity index (χ3v) is 10.9. The van der Waals surface area contributed by atoms with Gasteiger partial charge in [-0.15, -0.1) is 0 Å². The van der Waals surface area contributed by atoms with Gasteiger partial charge in [-0.2, -0.15) is 13.7 Å². The number of hydrogen-bond acceptors (Lipinski definition) is 7. The zero-order valence-electron chi connectivity index (χ0n) is 19.0. The average molecular weight is 470 g/mol. The minimum Gasteiger partial charge on any atom is -0.462 e. The molecule has 0 heterocycles. The number of ether oxygens (including phenoxy) is 1. The normalized spacial score (nSPS) is 46.9. The Bertz CT molecular complexity index is 870. The zero-order valence-corrected chi connectivity index (χ0v) is 20.6. The van der Waals surface area contributed by atoms with Gasteiger partial charge in [-0.25, -0.2) is 0 Å². The summed E-state index contributed by atoms with van der Waals surface area (Å²) in [4.78, 5) is 11.7. The van der Waals surface area contributed by atoms with Crippen LogP contribution in [0.2, 0.25) is 0 Å². The van der Waals surface area contributed by atoms with Crippen LogP contribution in [-0.4, -0.2) is 38.1 Å². The molecule has 0 spiro atoms. The van der Waals surface area contributed by atoms with Crippen molar-refractivity contribution < 1.29 is 22.1 Å². The first-order valence-electron chi connectivity index (χ1n) is 11.6. The van der Waals surface area contributed by atoms with Crippen LogP contribution in [0.4, 0.5) is 0 Å². The molecule has 4 aliphatic carbocycles. The summed E-state index contributed by atoms with van der Waals surface area (Å²) in [7, 11) is -3.58. The molecule has 4 rings (SSSR count). The molecule has 0 aliphatic heterocycles. The molecule has 6 nitrogen and oxygen atoms in total. The lowest BCUT2D eigenvalue weighted by Gasteiger charge is -2.61. The van der Waals surface area contributed by atoms with Crippen LogP contribution in [-0.2, 0) is 23.8 Å². The molecule has 4 aliphatic rings. The molecule has 0 aromatic heterocycles. The minimum atomic E-state index is -3.58. The molecule has 0 saturated heterocycles. The third-order valence-electron chi connectivity index (χ3n) is 9.36. The van der Waals surface area contributed by atoms with Crippen molar-refractivity contribution in [3.05, 3.63) is 0 Å². The van der Waals surface area contributed by atoms with E-state index in [2.05, 4.69) is 19.2 Å². The van der Waals surface area contributed by atoms with E-state index in [0.717, 1.165) is 44.8 Å². The largest absolute Gasteiger partial charge is 0.462 e. The Morgan fingerprint density at radius 1 is 1.10 bits per heavy atom. The summed E-state index contributed by atoms with van der Waals surface area (Å²) < 4.78 is 35.2. The van der Waals surface area contributed by atoms with Crippen LogP contribution < -0.4 is 0 Å². The molecule has 0 amide bonds. The van der Waals surface area contributed by atoms with E-state index in [9.17, 15) is 18.5 Å². The highest BCUT2D eigenvalue weighted by molar-refractivity contribution is 8.04.